The smallest absolute Gasteiger partial charge is 0.242 e. The maximum Gasteiger partial charge on any atom is 0.242 e. The Bertz CT molecular complexity index is 794. The summed E-state index contributed by atoms with van der Waals surface area (Å²) in [6.45, 7) is 0. The van der Waals surface area contributed by atoms with Gasteiger partial charge in [-0.05, 0) is 48.6 Å². The molecule has 3 rings (SSSR count). The van der Waals surface area contributed by atoms with Crippen LogP contribution in [0.1, 0.15) is 6.42 Å². The minimum absolute atomic E-state index is 0.127. The average Bonchev–Trinajstić information content (AvgIpc) is 2.84. The highest BCUT2D eigenvalue weighted by Crippen LogP contribution is 2.31. The van der Waals surface area contributed by atoms with E-state index >= 15 is 0 Å². The largest absolute Gasteiger partial charge is 0.332 e. The molecule has 1 aliphatic rings. The molecule has 1 heterocycles. The first kappa shape index (κ1) is 17.4. The van der Waals surface area contributed by atoms with Crippen molar-refractivity contribution in [1.82, 2.24) is 4.90 Å². The average molecular weight is 371 g/mol. The SMILES string of the molecule is CN1C(=O)CC(Sc2ccc(NC(=S)Nc3ccccc3)cc2)C1=O. The fourth-order valence-electron chi connectivity index (χ4n) is 2.41. The second-order valence-corrected chi connectivity index (χ2v) is 7.26. The van der Waals surface area contributed by atoms with Gasteiger partial charge >= 0.3 is 0 Å². The minimum Gasteiger partial charge on any atom is -0.332 e. The van der Waals surface area contributed by atoms with Crippen LogP contribution in [0.4, 0.5) is 11.4 Å². The van der Waals surface area contributed by atoms with Gasteiger partial charge in [0, 0.05) is 29.7 Å². The number of imide groups is 1. The van der Waals surface area contributed by atoms with E-state index in [1.807, 2.05) is 54.6 Å². The van der Waals surface area contributed by atoms with Crippen LogP contribution in [0.15, 0.2) is 59.5 Å². The Morgan fingerprint density at radius 1 is 1.04 bits per heavy atom. The zero-order valence-electron chi connectivity index (χ0n) is 13.6. The Balaban J connectivity index is 1.56. The summed E-state index contributed by atoms with van der Waals surface area (Å²) in [5.41, 5.74) is 1.77. The lowest BCUT2D eigenvalue weighted by Crippen LogP contribution is -2.26. The maximum atomic E-state index is 12.0. The number of carbonyl (C=O) groups excluding carboxylic acids is 2. The number of carbonyl (C=O) groups is 2. The summed E-state index contributed by atoms with van der Waals surface area (Å²) in [7, 11) is 1.53. The molecule has 7 heteroatoms. The molecule has 1 fully saturated rings. The Hall–Kier alpha value is -2.38. The van der Waals surface area contributed by atoms with E-state index in [-0.39, 0.29) is 23.5 Å². The number of amides is 2. The number of rotatable bonds is 4. The van der Waals surface area contributed by atoms with Crippen LogP contribution >= 0.6 is 24.0 Å². The number of thiocarbonyl (C=S) groups is 1. The van der Waals surface area contributed by atoms with Gasteiger partial charge in [0.1, 0.15) is 0 Å². The molecule has 0 spiro atoms. The van der Waals surface area contributed by atoms with Gasteiger partial charge in [-0.25, -0.2) is 0 Å². The van der Waals surface area contributed by atoms with Gasteiger partial charge in [0.05, 0.1) is 5.25 Å². The highest BCUT2D eigenvalue weighted by atomic mass is 32.2. The van der Waals surface area contributed by atoms with Crippen molar-refractivity contribution in [2.24, 2.45) is 0 Å². The Morgan fingerprint density at radius 3 is 2.20 bits per heavy atom. The lowest BCUT2D eigenvalue weighted by Gasteiger charge is -2.12. The maximum absolute atomic E-state index is 12.0. The summed E-state index contributed by atoms with van der Waals surface area (Å²) in [6, 6.07) is 17.3. The zero-order valence-corrected chi connectivity index (χ0v) is 15.2. The van der Waals surface area contributed by atoms with Crippen LogP contribution < -0.4 is 10.6 Å². The molecule has 25 heavy (non-hydrogen) atoms. The molecule has 1 unspecified atom stereocenters. The van der Waals surface area contributed by atoms with Crippen molar-refractivity contribution in [3.8, 4) is 0 Å². The predicted octanol–water partition coefficient (Wildman–Crippen LogP) is 3.34. The molecule has 0 aromatic heterocycles. The van der Waals surface area contributed by atoms with Gasteiger partial charge in [0.2, 0.25) is 11.8 Å². The highest BCUT2D eigenvalue weighted by Gasteiger charge is 2.36. The van der Waals surface area contributed by atoms with Crippen LogP contribution in [0.3, 0.4) is 0 Å². The molecule has 1 saturated heterocycles. The van der Waals surface area contributed by atoms with Gasteiger partial charge in [0.25, 0.3) is 0 Å². The van der Waals surface area contributed by atoms with Crippen molar-refractivity contribution in [3.05, 3.63) is 54.6 Å². The Labute approximate surface area is 155 Å². The van der Waals surface area contributed by atoms with E-state index in [1.54, 1.807) is 0 Å². The number of benzene rings is 2. The highest BCUT2D eigenvalue weighted by molar-refractivity contribution is 8.00. The van der Waals surface area contributed by atoms with E-state index in [0.29, 0.717) is 5.11 Å². The number of hydrogen-bond acceptors (Lipinski definition) is 4. The standard InChI is InChI=1S/C18H17N3O2S2/c1-21-16(22)11-15(17(21)23)25-14-9-7-13(8-10-14)20-18(24)19-12-5-3-2-4-6-12/h2-10,15H,11H2,1H3,(H2,19,20,24). The normalized spacial score (nSPS) is 16.8. The van der Waals surface area contributed by atoms with Crippen molar-refractivity contribution in [3.63, 3.8) is 0 Å². The number of hydrogen-bond donors (Lipinski definition) is 2. The summed E-state index contributed by atoms with van der Waals surface area (Å²) in [4.78, 5) is 25.7. The molecule has 0 aliphatic carbocycles. The Morgan fingerprint density at radius 2 is 1.64 bits per heavy atom. The van der Waals surface area contributed by atoms with Gasteiger partial charge < -0.3 is 10.6 Å². The molecule has 0 bridgehead atoms. The second-order valence-electron chi connectivity index (χ2n) is 5.57. The summed E-state index contributed by atoms with van der Waals surface area (Å²) in [5.74, 6) is -0.261. The van der Waals surface area contributed by atoms with E-state index in [4.69, 9.17) is 12.2 Å². The van der Waals surface area contributed by atoms with Gasteiger partial charge in [-0.15, -0.1) is 11.8 Å². The van der Waals surface area contributed by atoms with Crippen LogP contribution in [-0.4, -0.2) is 34.1 Å². The molecule has 2 aromatic carbocycles. The second kappa shape index (κ2) is 7.67. The van der Waals surface area contributed by atoms with Crippen LogP contribution in [0.25, 0.3) is 0 Å². The van der Waals surface area contributed by atoms with Gasteiger partial charge in [-0.3, -0.25) is 14.5 Å². The first-order valence-electron chi connectivity index (χ1n) is 7.73. The topological polar surface area (TPSA) is 61.4 Å². The van der Waals surface area contributed by atoms with Crippen LogP contribution in [0, 0.1) is 0 Å². The quantitative estimate of drug-likeness (QED) is 0.635. The molecule has 2 amide bonds. The fraction of sp³-hybridized carbons (Fsp3) is 0.167. The lowest BCUT2D eigenvalue weighted by atomic mass is 10.3. The van der Waals surface area contributed by atoms with Crippen molar-refractivity contribution in [1.29, 1.82) is 0 Å². The van der Waals surface area contributed by atoms with Gasteiger partial charge in [-0.1, -0.05) is 18.2 Å². The van der Waals surface area contributed by atoms with E-state index in [1.165, 1.54) is 23.7 Å². The zero-order chi connectivity index (χ0) is 17.8. The van der Waals surface area contributed by atoms with Crippen LogP contribution in [-0.2, 0) is 9.59 Å². The van der Waals surface area contributed by atoms with E-state index in [0.717, 1.165) is 16.3 Å². The summed E-state index contributed by atoms with van der Waals surface area (Å²) in [6.07, 6.45) is 0.255. The first-order valence-corrected chi connectivity index (χ1v) is 9.02. The molecule has 2 aromatic rings. The molecule has 128 valence electrons. The number of anilines is 2. The first-order chi connectivity index (χ1) is 12.0. The molecule has 0 saturated carbocycles. The number of para-hydroxylation sites is 1. The number of thioether (sulfide) groups is 1. The molecule has 1 atom stereocenters. The number of likely N-dealkylation sites (tertiary alicyclic amines) is 1. The van der Waals surface area contributed by atoms with Crippen LogP contribution in [0.2, 0.25) is 0 Å². The van der Waals surface area contributed by atoms with Crippen molar-refractivity contribution in [2.75, 3.05) is 17.7 Å². The third kappa shape index (κ3) is 4.37. The molecule has 1 aliphatic heterocycles. The Kier molecular flexibility index (Phi) is 5.35. The third-order valence-electron chi connectivity index (χ3n) is 3.76. The van der Waals surface area contributed by atoms with E-state index < -0.39 is 0 Å². The third-order valence-corrected chi connectivity index (χ3v) is 5.16. The molecule has 0 radical (unpaired) electrons. The summed E-state index contributed by atoms with van der Waals surface area (Å²) >= 11 is 6.70. The number of nitrogens with one attached hydrogen (secondary N) is 2. The van der Waals surface area contributed by atoms with E-state index in [2.05, 4.69) is 10.6 Å². The molecular weight excluding hydrogens is 354 g/mol. The fourth-order valence-corrected chi connectivity index (χ4v) is 3.75. The summed E-state index contributed by atoms with van der Waals surface area (Å²) in [5, 5.41) is 6.39. The lowest BCUT2D eigenvalue weighted by molar-refractivity contribution is -0.136. The van der Waals surface area contributed by atoms with Gasteiger partial charge in [0.15, 0.2) is 5.11 Å². The van der Waals surface area contributed by atoms with Crippen molar-refractivity contribution in [2.45, 2.75) is 16.6 Å². The number of nitrogens with zero attached hydrogens (tertiary/aromatic N) is 1. The van der Waals surface area contributed by atoms with Gasteiger partial charge in [-0.2, -0.15) is 0 Å². The summed E-state index contributed by atoms with van der Waals surface area (Å²) < 4.78 is 0. The molecule has 5 nitrogen and oxygen atoms in total. The minimum atomic E-state index is -0.336. The van der Waals surface area contributed by atoms with Crippen molar-refractivity contribution < 1.29 is 9.59 Å². The van der Waals surface area contributed by atoms with E-state index in [9.17, 15) is 9.59 Å². The molecular formula is C18H17N3O2S2. The monoisotopic (exact) mass is 371 g/mol. The van der Waals surface area contributed by atoms with Crippen LogP contribution in [0.5, 0.6) is 0 Å². The van der Waals surface area contributed by atoms with Crippen molar-refractivity contribution >= 4 is 52.3 Å². The predicted molar refractivity (Wildman–Crippen MR) is 105 cm³/mol. The molecule has 2 N–H and O–H groups in total.